The minimum Gasteiger partial charge on any atom is -0.382 e. The van der Waals surface area contributed by atoms with Gasteiger partial charge < -0.3 is 24.3 Å². The number of aliphatic imine (C=N–C) groups is 1. The number of rotatable bonds is 5. The maximum Gasteiger partial charge on any atom is 0.193 e. The largest absolute Gasteiger partial charge is 0.382 e. The molecule has 0 saturated carbocycles. The number of aromatic nitrogens is 2. The quantitative estimate of drug-likeness (QED) is 0.434. The van der Waals surface area contributed by atoms with Crippen LogP contribution >= 0.6 is 24.0 Å². The SMILES string of the molecule is CN=C(NCCn1ccnc1)N1CCOC(COC)C1.I. The lowest BCUT2D eigenvalue weighted by Crippen LogP contribution is -2.51. The molecule has 120 valence electrons. The third-order valence-electron chi connectivity index (χ3n) is 3.21. The van der Waals surface area contributed by atoms with Crippen molar-refractivity contribution in [3.05, 3.63) is 18.7 Å². The molecule has 2 heterocycles. The van der Waals surface area contributed by atoms with E-state index >= 15 is 0 Å². The number of hydrogen-bond donors (Lipinski definition) is 1. The van der Waals surface area contributed by atoms with Crippen LogP contribution in [0, 0.1) is 0 Å². The monoisotopic (exact) mass is 409 g/mol. The summed E-state index contributed by atoms with van der Waals surface area (Å²) < 4.78 is 12.8. The van der Waals surface area contributed by atoms with Crippen LogP contribution in [-0.4, -0.2) is 73.5 Å². The Morgan fingerprint density at radius 3 is 3.10 bits per heavy atom. The van der Waals surface area contributed by atoms with Gasteiger partial charge in [-0.1, -0.05) is 0 Å². The van der Waals surface area contributed by atoms with E-state index in [1.165, 1.54) is 0 Å². The van der Waals surface area contributed by atoms with E-state index in [0.29, 0.717) is 13.2 Å². The van der Waals surface area contributed by atoms with Crippen LogP contribution in [0.25, 0.3) is 0 Å². The average Bonchev–Trinajstić information content (AvgIpc) is 2.97. The first-order chi connectivity index (χ1) is 9.83. The molecule has 1 atom stereocenters. The van der Waals surface area contributed by atoms with Crippen molar-refractivity contribution < 1.29 is 9.47 Å². The van der Waals surface area contributed by atoms with Crippen LogP contribution in [0.15, 0.2) is 23.7 Å². The van der Waals surface area contributed by atoms with Crippen LogP contribution in [-0.2, 0) is 16.0 Å². The third-order valence-corrected chi connectivity index (χ3v) is 3.21. The Labute approximate surface area is 142 Å². The van der Waals surface area contributed by atoms with Gasteiger partial charge in [0.15, 0.2) is 5.96 Å². The Kier molecular flexibility index (Phi) is 8.62. The van der Waals surface area contributed by atoms with Gasteiger partial charge in [-0.2, -0.15) is 0 Å². The van der Waals surface area contributed by atoms with Gasteiger partial charge in [0.2, 0.25) is 0 Å². The number of guanidine groups is 1. The maximum absolute atomic E-state index is 5.64. The summed E-state index contributed by atoms with van der Waals surface area (Å²) in [6.07, 6.45) is 5.66. The first kappa shape index (κ1) is 18.2. The first-order valence-corrected chi connectivity index (χ1v) is 6.85. The Bertz CT molecular complexity index is 411. The summed E-state index contributed by atoms with van der Waals surface area (Å²) in [5.74, 6) is 0.912. The highest BCUT2D eigenvalue weighted by molar-refractivity contribution is 14.0. The number of methoxy groups -OCH3 is 1. The lowest BCUT2D eigenvalue weighted by molar-refractivity contribution is -0.0447. The van der Waals surface area contributed by atoms with E-state index < -0.39 is 0 Å². The fourth-order valence-corrected chi connectivity index (χ4v) is 2.25. The minimum absolute atomic E-state index is 0. The third kappa shape index (κ3) is 5.79. The van der Waals surface area contributed by atoms with Crippen LogP contribution in [0.1, 0.15) is 0 Å². The second-order valence-electron chi connectivity index (χ2n) is 4.67. The van der Waals surface area contributed by atoms with Gasteiger partial charge in [0.05, 0.1) is 25.6 Å². The Morgan fingerprint density at radius 1 is 1.57 bits per heavy atom. The molecule has 2 rings (SSSR count). The van der Waals surface area contributed by atoms with Crippen LogP contribution in [0.2, 0.25) is 0 Å². The van der Waals surface area contributed by atoms with E-state index in [0.717, 1.165) is 32.1 Å². The molecular formula is C13H24IN5O2. The summed E-state index contributed by atoms with van der Waals surface area (Å²) in [6.45, 7) is 4.66. The van der Waals surface area contributed by atoms with Crippen LogP contribution in [0.3, 0.4) is 0 Å². The Morgan fingerprint density at radius 2 is 2.43 bits per heavy atom. The van der Waals surface area contributed by atoms with Crippen LogP contribution < -0.4 is 5.32 Å². The van der Waals surface area contributed by atoms with Crippen LogP contribution in [0.5, 0.6) is 0 Å². The van der Waals surface area contributed by atoms with E-state index in [4.69, 9.17) is 9.47 Å². The maximum atomic E-state index is 5.64. The summed E-state index contributed by atoms with van der Waals surface area (Å²) >= 11 is 0. The van der Waals surface area contributed by atoms with Gasteiger partial charge >= 0.3 is 0 Å². The second kappa shape index (κ2) is 9.96. The second-order valence-corrected chi connectivity index (χ2v) is 4.67. The summed E-state index contributed by atoms with van der Waals surface area (Å²) in [5.41, 5.74) is 0. The van der Waals surface area contributed by atoms with Crippen molar-refractivity contribution in [3.8, 4) is 0 Å². The molecule has 0 bridgehead atoms. The van der Waals surface area contributed by atoms with Crippen molar-refractivity contribution in [1.82, 2.24) is 19.8 Å². The molecule has 0 aliphatic carbocycles. The highest BCUT2D eigenvalue weighted by Crippen LogP contribution is 2.05. The summed E-state index contributed by atoms with van der Waals surface area (Å²) in [4.78, 5) is 10.6. The van der Waals surface area contributed by atoms with Crippen molar-refractivity contribution in [2.24, 2.45) is 4.99 Å². The summed E-state index contributed by atoms with van der Waals surface area (Å²) in [5, 5.41) is 3.37. The van der Waals surface area contributed by atoms with Crippen molar-refractivity contribution in [2.45, 2.75) is 12.6 Å². The fraction of sp³-hybridized carbons (Fsp3) is 0.692. The predicted molar refractivity (Wildman–Crippen MR) is 92.2 cm³/mol. The molecule has 1 aromatic rings. The molecule has 1 aromatic heterocycles. The predicted octanol–water partition coefficient (Wildman–Crippen LogP) is 0.424. The molecular weight excluding hydrogens is 385 g/mol. The number of halogens is 1. The van der Waals surface area contributed by atoms with Gasteiger partial charge in [-0.25, -0.2) is 4.98 Å². The molecule has 1 unspecified atom stereocenters. The Balaban J connectivity index is 0.00000220. The minimum atomic E-state index is 0. The molecule has 0 amide bonds. The highest BCUT2D eigenvalue weighted by Gasteiger charge is 2.22. The van der Waals surface area contributed by atoms with Crippen molar-refractivity contribution >= 4 is 29.9 Å². The number of ether oxygens (including phenoxy) is 2. The van der Waals surface area contributed by atoms with E-state index in [1.807, 2.05) is 17.1 Å². The van der Waals surface area contributed by atoms with Crippen molar-refractivity contribution in [3.63, 3.8) is 0 Å². The fourth-order valence-electron chi connectivity index (χ4n) is 2.25. The molecule has 21 heavy (non-hydrogen) atoms. The standard InChI is InChI=1S/C13H23N5O2.HI/c1-14-13(16-4-6-17-5-3-15-11-17)18-7-8-20-12(9-18)10-19-2;/h3,5,11-12H,4,6-10H2,1-2H3,(H,14,16);1H. The zero-order valence-corrected chi connectivity index (χ0v) is 14.9. The van der Waals surface area contributed by atoms with Gasteiger partial charge in [-0.3, -0.25) is 4.99 Å². The normalized spacial score (nSPS) is 19.2. The molecule has 1 aliphatic rings. The van der Waals surface area contributed by atoms with Gasteiger partial charge in [0.1, 0.15) is 0 Å². The lowest BCUT2D eigenvalue weighted by Gasteiger charge is -2.34. The van der Waals surface area contributed by atoms with Crippen molar-refractivity contribution in [2.75, 3.05) is 47.0 Å². The molecule has 7 nitrogen and oxygen atoms in total. The molecule has 1 aliphatic heterocycles. The highest BCUT2D eigenvalue weighted by atomic mass is 127. The molecule has 0 spiro atoms. The Hall–Kier alpha value is -0.870. The van der Waals surface area contributed by atoms with E-state index in [2.05, 4.69) is 20.2 Å². The van der Waals surface area contributed by atoms with Crippen LogP contribution in [0.4, 0.5) is 0 Å². The van der Waals surface area contributed by atoms with Gasteiger partial charge in [-0.15, -0.1) is 24.0 Å². The average molecular weight is 409 g/mol. The smallest absolute Gasteiger partial charge is 0.193 e. The molecule has 1 saturated heterocycles. The van der Waals surface area contributed by atoms with E-state index in [1.54, 1.807) is 20.4 Å². The zero-order valence-electron chi connectivity index (χ0n) is 12.6. The summed E-state index contributed by atoms with van der Waals surface area (Å²) in [7, 11) is 3.50. The number of hydrogen-bond acceptors (Lipinski definition) is 4. The van der Waals surface area contributed by atoms with E-state index in [9.17, 15) is 0 Å². The number of imidazole rings is 1. The van der Waals surface area contributed by atoms with Gasteiger partial charge in [0, 0.05) is 52.7 Å². The van der Waals surface area contributed by atoms with Gasteiger partial charge in [0.25, 0.3) is 0 Å². The zero-order chi connectivity index (χ0) is 14.2. The number of nitrogens with zero attached hydrogens (tertiary/aromatic N) is 4. The lowest BCUT2D eigenvalue weighted by atomic mass is 10.3. The molecule has 8 heteroatoms. The first-order valence-electron chi connectivity index (χ1n) is 6.85. The summed E-state index contributed by atoms with van der Waals surface area (Å²) in [6, 6.07) is 0. The topological polar surface area (TPSA) is 63.9 Å². The molecule has 1 fully saturated rings. The molecule has 0 aromatic carbocycles. The molecule has 0 radical (unpaired) electrons. The van der Waals surface area contributed by atoms with Crippen molar-refractivity contribution in [1.29, 1.82) is 0 Å². The number of morpholine rings is 1. The van der Waals surface area contributed by atoms with E-state index in [-0.39, 0.29) is 30.1 Å². The number of nitrogens with one attached hydrogen (secondary N) is 1. The molecule has 1 N–H and O–H groups in total. The van der Waals surface area contributed by atoms with Gasteiger partial charge in [-0.05, 0) is 0 Å².